The molecule has 24 heavy (non-hydrogen) atoms. The molecule has 0 bridgehead atoms. The van der Waals surface area contributed by atoms with Crippen LogP contribution in [0.25, 0.3) is 10.6 Å². The Hall–Kier alpha value is -1.99. The van der Waals surface area contributed by atoms with Crippen molar-refractivity contribution < 1.29 is 4.79 Å². The largest absolute Gasteiger partial charge is 0.349 e. The molecule has 0 aromatic carbocycles. The smallest absolute Gasteiger partial charge is 0.226 e. The number of nitrogens with one attached hydrogen (secondary N) is 1. The van der Waals surface area contributed by atoms with Crippen molar-refractivity contribution in [1.82, 2.24) is 20.1 Å². The number of nitrogens with zero attached hydrogens (tertiary/aromatic N) is 3. The normalized spacial score (nSPS) is 16.8. The van der Waals surface area contributed by atoms with E-state index in [4.69, 9.17) is 0 Å². The summed E-state index contributed by atoms with van der Waals surface area (Å²) in [5.74, 6) is 0.0267. The van der Waals surface area contributed by atoms with Crippen molar-refractivity contribution in [3.05, 3.63) is 45.4 Å². The first kappa shape index (κ1) is 15.5. The predicted octanol–water partition coefficient (Wildman–Crippen LogP) is 3.34. The molecule has 1 aliphatic carbocycles. The van der Waals surface area contributed by atoms with Crippen molar-refractivity contribution in [3.8, 4) is 10.6 Å². The fourth-order valence-corrected chi connectivity index (χ4v) is 4.70. The molecule has 1 aliphatic rings. The van der Waals surface area contributed by atoms with Crippen LogP contribution in [0.2, 0.25) is 0 Å². The zero-order valence-electron chi connectivity index (χ0n) is 13.4. The molecule has 1 N–H and O–H groups in total. The number of carbonyl (C=O) groups is 1. The van der Waals surface area contributed by atoms with Gasteiger partial charge in [0.2, 0.25) is 5.91 Å². The summed E-state index contributed by atoms with van der Waals surface area (Å²) in [5.41, 5.74) is 4.36. The lowest BCUT2D eigenvalue weighted by Gasteiger charge is -2.23. The molecular formula is C17H18N4OS2. The molecule has 0 saturated heterocycles. The van der Waals surface area contributed by atoms with Gasteiger partial charge in [0, 0.05) is 34.6 Å². The molecule has 0 fully saturated rings. The van der Waals surface area contributed by atoms with Crippen LogP contribution in [0.4, 0.5) is 0 Å². The zero-order chi connectivity index (χ0) is 16.5. The molecule has 5 nitrogen and oxygen atoms in total. The van der Waals surface area contributed by atoms with Crippen LogP contribution < -0.4 is 5.32 Å². The number of hydrogen-bond donors (Lipinski definition) is 1. The summed E-state index contributed by atoms with van der Waals surface area (Å²) in [5, 5.41) is 14.6. The van der Waals surface area contributed by atoms with Crippen molar-refractivity contribution in [2.45, 2.75) is 31.7 Å². The molecule has 1 amide bonds. The lowest BCUT2D eigenvalue weighted by atomic mass is 9.93. The van der Waals surface area contributed by atoms with Crippen molar-refractivity contribution in [1.29, 1.82) is 0 Å². The Balaban J connectivity index is 1.43. The molecular weight excluding hydrogens is 340 g/mol. The Kier molecular flexibility index (Phi) is 4.20. The molecule has 124 valence electrons. The van der Waals surface area contributed by atoms with E-state index in [1.165, 1.54) is 5.69 Å². The number of thiophene rings is 1. The first-order valence-electron chi connectivity index (χ1n) is 7.98. The van der Waals surface area contributed by atoms with E-state index in [1.807, 2.05) is 28.7 Å². The minimum atomic E-state index is 0.0267. The quantitative estimate of drug-likeness (QED) is 0.778. The van der Waals surface area contributed by atoms with Gasteiger partial charge in [0.05, 0.1) is 24.4 Å². The van der Waals surface area contributed by atoms with Gasteiger partial charge >= 0.3 is 0 Å². The first-order valence-corrected chi connectivity index (χ1v) is 9.80. The summed E-state index contributed by atoms with van der Waals surface area (Å²) >= 11 is 3.25. The number of fused-ring (bicyclic) bond motifs is 1. The SMILES string of the molecule is Cn1ncc2c1CCCC2NC(=O)Cc1csc(-c2ccsc2)n1. The molecule has 4 rings (SSSR count). The Morgan fingerprint density at radius 1 is 1.46 bits per heavy atom. The standard InChI is InChI=1S/C17H18N4OS2/c1-21-15-4-2-3-14(13(15)8-18-21)20-16(22)7-12-10-24-17(19-12)11-5-6-23-9-11/h5-6,8-10,14H,2-4,7H2,1H3,(H,20,22). The number of amides is 1. The molecule has 0 radical (unpaired) electrons. The maximum absolute atomic E-state index is 12.4. The third-order valence-electron chi connectivity index (χ3n) is 4.37. The summed E-state index contributed by atoms with van der Waals surface area (Å²) < 4.78 is 1.92. The third-order valence-corrected chi connectivity index (χ3v) is 6.00. The van der Waals surface area contributed by atoms with Gasteiger partial charge in [-0.1, -0.05) is 0 Å². The van der Waals surface area contributed by atoms with E-state index < -0.39 is 0 Å². The van der Waals surface area contributed by atoms with Crippen LogP contribution in [-0.4, -0.2) is 20.7 Å². The minimum Gasteiger partial charge on any atom is -0.349 e. The highest BCUT2D eigenvalue weighted by molar-refractivity contribution is 7.14. The van der Waals surface area contributed by atoms with Gasteiger partial charge in [-0.2, -0.15) is 16.4 Å². The highest BCUT2D eigenvalue weighted by Gasteiger charge is 2.24. The van der Waals surface area contributed by atoms with E-state index in [-0.39, 0.29) is 11.9 Å². The van der Waals surface area contributed by atoms with Gasteiger partial charge < -0.3 is 5.32 Å². The second kappa shape index (κ2) is 6.49. The molecule has 0 spiro atoms. The van der Waals surface area contributed by atoms with E-state index >= 15 is 0 Å². The number of rotatable bonds is 4. The van der Waals surface area contributed by atoms with Gasteiger partial charge in [0.1, 0.15) is 5.01 Å². The maximum atomic E-state index is 12.4. The predicted molar refractivity (Wildman–Crippen MR) is 96.2 cm³/mol. The number of hydrogen-bond acceptors (Lipinski definition) is 5. The number of thiazole rings is 1. The van der Waals surface area contributed by atoms with Crippen LogP contribution in [0.5, 0.6) is 0 Å². The van der Waals surface area contributed by atoms with Crippen LogP contribution in [0.1, 0.15) is 35.8 Å². The van der Waals surface area contributed by atoms with Gasteiger partial charge in [-0.3, -0.25) is 9.48 Å². The average Bonchev–Trinajstić information content (AvgIpc) is 3.29. The summed E-state index contributed by atoms with van der Waals surface area (Å²) in [7, 11) is 1.96. The number of aryl methyl sites for hydroxylation is 1. The number of aromatic nitrogens is 3. The Labute approximate surface area is 148 Å². The lowest BCUT2D eigenvalue weighted by Crippen LogP contribution is -2.32. The van der Waals surface area contributed by atoms with Gasteiger partial charge in [0.25, 0.3) is 0 Å². The molecule has 3 aromatic rings. The van der Waals surface area contributed by atoms with E-state index in [0.717, 1.165) is 41.1 Å². The molecule has 1 atom stereocenters. The van der Waals surface area contributed by atoms with Crippen molar-refractivity contribution >= 4 is 28.6 Å². The molecule has 1 unspecified atom stereocenters. The number of carbonyl (C=O) groups excluding carboxylic acids is 1. The lowest BCUT2D eigenvalue weighted by molar-refractivity contribution is -0.121. The highest BCUT2D eigenvalue weighted by Crippen LogP contribution is 2.29. The molecule has 0 saturated carbocycles. The Morgan fingerprint density at radius 2 is 2.38 bits per heavy atom. The topological polar surface area (TPSA) is 59.8 Å². The van der Waals surface area contributed by atoms with Gasteiger partial charge in [-0.05, 0) is 30.7 Å². The van der Waals surface area contributed by atoms with Crippen LogP contribution in [0.3, 0.4) is 0 Å². The van der Waals surface area contributed by atoms with Gasteiger partial charge in [-0.15, -0.1) is 11.3 Å². The van der Waals surface area contributed by atoms with E-state index in [9.17, 15) is 4.79 Å². The van der Waals surface area contributed by atoms with Crippen LogP contribution in [0.15, 0.2) is 28.4 Å². The van der Waals surface area contributed by atoms with E-state index in [1.54, 1.807) is 22.7 Å². The Morgan fingerprint density at radius 3 is 3.21 bits per heavy atom. The zero-order valence-corrected chi connectivity index (χ0v) is 15.0. The Bertz CT molecular complexity index is 850. The second-order valence-electron chi connectivity index (χ2n) is 6.02. The third kappa shape index (κ3) is 3.01. The monoisotopic (exact) mass is 358 g/mol. The summed E-state index contributed by atoms with van der Waals surface area (Å²) in [6, 6.07) is 2.13. The van der Waals surface area contributed by atoms with Gasteiger partial charge in [-0.25, -0.2) is 4.98 Å². The summed E-state index contributed by atoms with van der Waals surface area (Å²) in [6.45, 7) is 0. The van der Waals surface area contributed by atoms with Crippen LogP contribution in [0, 0.1) is 0 Å². The van der Waals surface area contributed by atoms with Crippen molar-refractivity contribution in [3.63, 3.8) is 0 Å². The van der Waals surface area contributed by atoms with E-state index in [2.05, 4.69) is 26.8 Å². The van der Waals surface area contributed by atoms with Crippen LogP contribution in [-0.2, 0) is 24.7 Å². The average molecular weight is 358 g/mol. The fourth-order valence-electron chi connectivity index (χ4n) is 3.17. The minimum absolute atomic E-state index is 0.0267. The van der Waals surface area contributed by atoms with E-state index in [0.29, 0.717) is 6.42 Å². The molecule has 3 heterocycles. The summed E-state index contributed by atoms with van der Waals surface area (Å²) in [4.78, 5) is 17.0. The second-order valence-corrected chi connectivity index (χ2v) is 7.65. The molecule has 7 heteroatoms. The molecule has 3 aromatic heterocycles. The van der Waals surface area contributed by atoms with Crippen molar-refractivity contribution in [2.24, 2.45) is 7.05 Å². The summed E-state index contributed by atoms with van der Waals surface area (Å²) in [6.07, 6.45) is 5.30. The van der Waals surface area contributed by atoms with Crippen LogP contribution >= 0.6 is 22.7 Å². The van der Waals surface area contributed by atoms with Crippen molar-refractivity contribution in [2.75, 3.05) is 0 Å². The first-order chi connectivity index (χ1) is 11.7. The highest BCUT2D eigenvalue weighted by atomic mass is 32.1. The fraction of sp³-hybridized carbons (Fsp3) is 0.353. The van der Waals surface area contributed by atoms with Gasteiger partial charge in [0.15, 0.2) is 0 Å². The maximum Gasteiger partial charge on any atom is 0.226 e. The molecule has 0 aliphatic heterocycles.